The van der Waals surface area contributed by atoms with Crippen LogP contribution in [0.5, 0.6) is 0 Å². The molecule has 0 fully saturated rings. The lowest BCUT2D eigenvalue weighted by atomic mass is 10.1. The van der Waals surface area contributed by atoms with E-state index in [0.29, 0.717) is 17.8 Å². The van der Waals surface area contributed by atoms with Gasteiger partial charge in [0.1, 0.15) is 23.0 Å². The van der Waals surface area contributed by atoms with Crippen LogP contribution in [0.25, 0.3) is 0 Å². The fourth-order valence-corrected chi connectivity index (χ4v) is 2.34. The van der Waals surface area contributed by atoms with Crippen molar-refractivity contribution in [1.82, 2.24) is 0 Å². The zero-order valence-corrected chi connectivity index (χ0v) is 10.8. The molecule has 3 nitrogen and oxygen atoms in total. The summed E-state index contributed by atoms with van der Waals surface area (Å²) in [6.07, 6.45) is 0.818. The Morgan fingerprint density at radius 3 is 2.52 bits per heavy atom. The summed E-state index contributed by atoms with van der Waals surface area (Å²) < 4.78 is 39.9. The number of anilines is 2. The summed E-state index contributed by atoms with van der Waals surface area (Å²) in [6, 6.07) is 6.12. The molecule has 2 aromatic carbocycles. The molecule has 1 aliphatic heterocycles. The number of nitrogens with one attached hydrogen (secondary N) is 2. The molecule has 2 N–H and O–H groups in total. The maximum absolute atomic E-state index is 13.5. The van der Waals surface area contributed by atoms with Gasteiger partial charge < -0.3 is 10.6 Å². The molecule has 21 heavy (non-hydrogen) atoms. The molecule has 0 radical (unpaired) electrons. The molecule has 1 amide bonds. The Bertz CT molecular complexity index is 708. The van der Waals surface area contributed by atoms with E-state index >= 15 is 0 Å². The third-order valence-electron chi connectivity index (χ3n) is 3.31. The summed E-state index contributed by atoms with van der Waals surface area (Å²) in [4.78, 5) is 11.9. The number of hydrogen-bond donors (Lipinski definition) is 2. The quantitative estimate of drug-likeness (QED) is 0.891. The van der Waals surface area contributed by atoms with Crippen LogP contribution in [0.3, 0.4) is 0 Å². The van der Waals surface area contributed by atoms with E-state index < -0.39 is 28.9 Å². The van der Waals surface area contributed by atoms with Crippen LogP contribution in [-0.2, 0) is 6.42 Å². The van der Waals surface area contributed by atoms with Crippen molar-refractivity contribution in [2.45, 2.75) is 6.42 Å². The first-order chi connectivity index (χ1) is 10.0. The molecule has 2 aromatic rings. The maximum Gasteiger partial charge on any atom is 0.261 e. The standard InChI is InChI=1S/C15H11F3N2O/c16-9-6-11(17)14(12(18)7-9)15(21)20-10-1-2-13-8(5-10)3-4-19-13/h1-2,5-7,19H,3-4H2,(H,20,21). The van der Waals surface area contributed by atoms with Crippen LogP contribution in [-0.4, -0.2) is 12.5 Å². The highest BCUT2D eigenvalue weighted by Crippen LogP contribution is 2.26. The maximum atomic E-state index is 13.5. The molecular formula is C15H11F3N2O. The zero-order chi connectivity index (χ0) is 15.0. The second-order valence-electron chi connectivity index (χ2n) is 4.75. The van der Waals surface area contributed by atoms with Gasteiger partial charge in [0.2, 0.25) is 0 Å². The predicted molar refractivity (Wildman–Crippen MR) is 72.9 cm³/mol. The van der Waals surface area contributed by atoms with Crippen molar-refractivity contribution in [3.05, 3.63) is 58.9 Å². The van der Waals surface area contributed by atoms with Gasteiger partial charge in [-0.2, -0.15) is 0 Å². The SMILES string of the molecule is O=C(Nc1ccc2c(c1)CCN2)c1c(F)cc(F)cc1F. The van der Waals surface area contributed by atoms with E-state index in [1.807, 2.05) is 0 Å². The molecule has 0 spiro atoms. The highest BCUT2D eigenvalue weighted by Gasteiger charge is 2.19. The Hall–Kier alpha value is -2.50. The molecule has 0 aromatic heterocycles. The molecule has 0 saturated heterocycles. The Labute approximate surface area is 118 Å². The number of amides is 1. The van der Waals surface area contributed by atoms with Gasteiger partial charge in [0.05, 0.1) is 0 Å². The number of fused-ring (bicyclic) bond motifs is 1. The molecule has 3 rings (SSSR count). The summed E-state index contributed by atoms with van der Waals surface area (Å²) in [5.74, 6) is -4.47. The first kappa shape index (κ1) is 13.5. The van der Waals surface area contributed by atoms with E-state index in [9.17, 15) is 18.0 Å². The first-order valence-electron chi connectivity index (χ1n) is 6.37. The number of carbonyl (C=O) groups excluding carboxylic acids is 1. The van der Waals surface area contributed by atoms with Crippen LogP contribution in [0.1, 0.15) is 15.9 Å². The molecule has 0 saturated carbocycles. The van der Waals surface area contributed by atoms with Gasteiger partial charge in [-0.05, 0) is 30.2 Å². The number of carbonyl (C=O) groups is 1. The van der Waals surface area contributed by atoms with Crippen LogP contribution < -0.4 is 10.6 Å². The largest absolute Gasteiger partial charge is 0.384 e. The van der Waals surface area contributed by atoms with Crippen molar-refractivity contribution in [2.75, 3.05) is 17.2 Å². The minimum absolute atomic E-state index is 0.436. The minimum Gasteiger partial charge on any atom is -0.384 e. The lowest BCUT2D eigenvalue weighted by molar-refractivity contribution is 0.101. The van der Waals surface area contributed by atoms with E-state index in [-0.39, 0.29) is 0 Å². The van der Waals surface area contributed by atoms with Gasteiger partial charge >= 0.3 is 0 Å². The Balaban J connectivity index is 1.87. The van der Waals surface area contributed by atoms with Gasteiger partial charge in [0.25, 0.3) is 5.91 Å². The number of hydrogen-bond acceptors (Lipinski definition) is 2. The summed E-state index contributed by atoms with van der Waals surface area (Å²) in [5.41, 5.74) is 1.64. The summed E-state index contributed by atoms with van der Waals surface area (Å²) in [7, 11) is 0. The summed E-state index contributed by atoms with van der Waals surface area (Å²) in [5, 5.41) is 5.58. The first-order valence-corrected chi connectivity index (χ1v) is 6.37. The van der Waals surface area contributed by atoms with Crippen molar-refractivity contribution in [1.29, 1.82) is 0 Å². The summed E-state index contributed by atoms with van der Waals surface area (Å²) in [6.45, 7) is 0.813. The van der Waals surface area contributed by atoms with Gasteiger partial charge in [-0.1, -0.05) is 0 Å². The zero-order valence-electron chi connectivity index (χ0n) is 10.8. The van der Waals surface area contributed by atoms with Crippen molar-refractivity contribution in [3.63, 3.8) is 0 Å². The van der Waals surface area contributed by atoms with Crippen molar-refractivity contribution >= 4 is 17.3 Å². The second kappa shape index (κ2) is 5.12. The second-order valence-corrected chi connectivity index (χ2v) is 4.75. The molecule has 108 valence electrons. The van der Waals surface area contributed by atoms with E-state index in [1.165, 1.54) is 0 Å². The average Bonchev–Trinajstić information content (AvgIpc) is 2.84. The lowest BCUT2D eigenvalue weighted by Crippen LogP contribution is -2.16. The van der Waals surface area contributed by atoms with Crippen molar-refractivity contribution in [2.24, 2.45) is 0 Å². The molecule has 1 aliphatic rings. The highest BCUT2D eigenvalue weighted by atomic mass is 19.1. The van der Waals surface area contributed by atoms with E-state index in [2.05, 4.69) is 10.6 Å². The van der Waals surface area contributed by atoms with Crippen LogP contribution in [0.4, 0.5) is 24.5 Å². The monoisotopic (exact) mass is 292 g/mol. The number of benzene rings is 2. The van der Waals surface area contributed by atoms with Crippen molar-refractivity contribution in [3.8, 4) is 0 Å². The Morgan fingerprint density at radius 2 is 1.81 bits per heavy atom. The number of rotatable bonds is 2. The molecule has 0 unspecified atom stereocenters. The smallest absolute Gasteiger partial charge is 0.261 e. The van der Waals surface area contributed by atoms with Gasteiger partial charge in [-0.15, -0.1) is 0 Å². The van der Waals surface area contributed by atoms with E-state index in [0.717, 1.165) is 24.2 Å². The van der Waals surface area contributed by atoms with Crippen LogP contribution in [0.2, 0.25) is 0 Å². The van der Waals surface area contributed by atoms with E-state index in [4.69, 9.17) is 0 Å². The minimum atomic E-state index is -1.23. The van der Waals surface area contributed by atoms with Crippen molar-refractivity contribution < 1.29 is 18.0 Å². The molecular weight excluding hydrogens is 281 g/mol. The van der Waals surface area contributed by atoms with Gasteiger partial charge in [0.15, 0.2) is 0 Å². The fraction of sp³-hybridized carbons (Fsp3) is 0.133. The van der Waals surface area contributed by atoms with Gasteiger partial charge in [-0.3, -0.25) is 4.79 Å². The lowest BCUT2D eigenvalue weighted by Gasteiger charge is -2.09. The third-order valence-corrected chi connectivity index (χ3v) is 3.31. The molecule has 0 aliphatic carbocycles. The normalized spacial score (nSPS) is 12.7. The van der Waals surface area contributed by atoms with Gasteiger partial charge in [-0.25, -0.2) is 13.2 Å². The average molecular weight is 292 g/mol. The fourth-order valence-electron chi connectivity index (χ4n) is 2.34. The Morgan fingerprint density at radius 1 is 1.10 bits per heavy atom. The highest BCUT2D eigenvalue weighted by molar-refractivity contribution is 6.04. The van der Waals surface area contributed by atoms with E-state index in [1.54, 1.807) is 18.2 Å². The molecule has 1 heterocycles. The molecule has 6 heteroatoms. The molecule has 0 atom stereocenters. The van der Waals surface area contributed by atoms with Crippen LogP contribution in [0.15, 0.2) is 30.3 Å². The Kier molecular flexibility index (Phi) is 3.29. The van der Waals surface area contributed by atoms with Crippen LogP contribution >= 0.6 is 0 Å². The summed E-state index contributed by atoms with van der Waals surface area (Å²) >= 11 is 0. The third kappa shape index (κ3) is 2.56. The topological polar surface area (TPSA) is 41.1 Å². The predicted octanol–water partition coefficient (Wildman–Crippen LogP) is 3.32. The molecule has 0 bridgehead atoms. The van der Waals surface area contributed by atoms with Gasteiger partial charge in [0, 0.05) is 30.1 Å². The van der Waals surface area contributed by atoms with Crippen LogP contribution in [0, 0.1) is 17.5 Å². The number of halogens is 3.